The van der Waals surface area contributed by atoms with Crippen molar-refractivity contribution in [3.8, 4) is 5.75 Å². The number of hydrogen-bond donors (Lipinski definition) is 1. The van der Waals surface area contributed by atoms with Gasteiger partial charge < -0.3 is 9.84 Å². The molecule has 0 unspecified atom stereocenters. The lowest BCUT2D eigenvalue weighted by Crippen LogP contribution is -2.23. The van der Waals surface area contributed by atoms with Crippen molar-refractivity contribution in [3.63, 3.8) is 0 Å². The Bertz CT molecular complexity index is 1290. The van der Waals surface area contributed by atoms with Gasteiger partial charge in [0.15, 0.2) is 5.17 Å². The lowest BCUT2D eigenvalue weighted by Gasteiger charge is -2.09. The van der Waals surface area contributed by atoms with Gasteiger partial charge in [0, 0.05) is 7.05 Å². The Morgan fingerprint density at radius 1 is 1.00 bits per heavy atom. The average Bonchev–Trinajstić information content (AvgIpc) is 3.12. The van der Waals surface area contributed by atoms with Crippen LogP contribution in [0.25, 0.3) is 6.08 Å². The molecule has 0 atom stereocenters. The first-order valence-corrected chi connectivity index (χ1v) is 12.5. The minimum Gasteiger partial charge on any atom is -0.489 e. The summed E-state index contributed by atoms with van der Waals surface area (Å²) in [5, 5.41) is 9.47. The molecule has 36 heavy (non-hydrogen) atoms. The fourth-order valence-electron chi connectivity index (χ4n) is 3.60. The first kappa shape index (κ1) is 25.3. The molecule has 1 saturated heterocycles. The van der Waals surface area contributed by atoms with Crippen molar-refractivity contribution in [2.24, 2.45) is 4.99 Å². The summed E-state index contributed by atoms with van der Waals surface area (Å²) in [5.41, 5.74) is 4.68. The second-order valence-electron chi connectivity index (χ2n) is 8.86. The molecule has 0 bridgehead atoms. The van der Waals surface area contributed by atoms with Crippen molar-refractivity contribution >= 4 is 40.6 Å². The molecule has 0 aromatic heterocycles. The summed E-state index contributed by atoms with van der Waals surface area (Å²) in [6.45, 7) is 4.85. The summed E-state index contributed by atoms with van der Waals surface area (Å²) in [4.78, 5) is 30.3. The van der Waals surface area contributed by atoms with Crippen molar-refractivity contribution in [2.45, 2.75) is 32.8 Å². The van der Waals surface area contributed by atoms with Gasteiger partial charge in [-0.2, -0.15) is 0 Å². The van der Waals surface area contributed by atoms with E-state index in [-0.39, 0.29) is 12.3 Å². The molecule has 7 heteroatoms. The third-order valence-corrected chi connectivity index (χ3v) is 6.81. The molecule has 1 heterocycles. The van der Waals surface area contributed by atoms with Gasteiger partial charge in [-0.05, 0) is 70.3 Å². The largest absolute Gasteiger partial charge is 0.489 e. The lowest BCUT2D eigenvalue weighted by molar-refractivity contribution is -0.136. The molecule has 1 aliphatic heterocycles. The Labute approximate surface area is 215 Å². The average molecular weight is 501 g/mol. The van der Waals surface area contributed by atoms with Crippen LogP contribution in [-0.2, 0) is 22.6 Å². The van der Waals surface area contributed by atoms with Crippen LogP contribution in [0.5, 0.6) is 5.75 Å². The minimum atomic E-state index is -0.878. The summed E-state index contributed by atoms with van der Waals surface area (Å²) in [6.07, 6.45) is 1.81. The Balaban J connectivity index is 1.39. The number of nitrogens with zero attached hydrogens (tertiary/aromatic N) is 2. The van der Waals surface area contributed by atoms with Crippen molar-refractivity contribution in [1.82, 2.24) is 4.90 Å². The van der Waals surface area contributed by atoms with Gasteiger partial charge >= 0.3 is 5.97 Å². The van der Waals surface area contributed by atoms with Gasteiger partial charge in [0.1, 0.15) is 12.4 Å². The topological polar surface area (TPSA) is 79.2 Å². The predicted molar refractivity (Wildman–Crippen MR) is 145 cm³/mol. The first-order chi connectivity index (χ1) is 17.3. The summed E-state index contributed by atoms with van der Waals surface area (Å²) in [7, 11) is 1.69. The highest BCUT2D eigenvalue weighted by molar-refractivity contribution is 8.18. The molecule has 0 spiro atoms. The van der Waals surface area contributed by atoms with E-state index in [1.54, 1.807) is 31.3 Å². The van der Waals surface area contributed by atoms with Crippen molar-refractivity contribution in [2.75, 3.05) is 7.05 Å². The van der Waals surface area contributed by atoms with Crippen LogP contribution in [0.15, 0.2) is 82.7 Å². The molecular weight excluding hydrogens is 472 g/mol. The van der Waals surface area contributed by atoms with Gasteiger partial charge in [-0.25, -0.2) is 4.99 Å². The van der Waals surface area contributed by atoms with Gasteiger partial charge in [0.25, 0.3) is 5.91 Å². The van der Waals surface area contributed by atoms with E-state index in [1.165, 1.54) is 22.2 Å². The number of carbonyl (C=O) groups excluding carboxylic acids is 1. The van der Waals surface area contributed by atoms with Crippen LogP contribution in [0, 0.1) is 0 Å². The molecule has 3 aromatic carbocycles. The number of amides is 1. The van der Waals surface area contributed by atoms with Gasteiger partial charge in [-0.3, -0.25) is 14.5 Å². The van der Waals surface area contributed by atoms with E-state index < -0.39 is 5.97 Å². The Kier molecular flexibility index (Phi) is 7.90. The van der Waals surface area contributed by atoms with Crippen molar-refractivity contribution in [3.05, 3.63) is 100.0 Å². The Morgan fingerprint density at radius 2 is 1.64 bits per heavy atom. The highest BCUT2D eigenvalue weighted by Crippen LogP contribution is 2.33. The molecule has 0 radical (unpaired) electrons. The second-order valence-corrected chi connectivity index (χ2v) is 9.87. The van der Waals surface area contributed by atoms with Crippen LogP contribution >= 0.6 is 11.8 Å². The maximum atomic E-state index is 12.7. The highest BCUT2D eigenvalue weighted by atomic mass is 32.2. The smallest absolute Gasteiger partial charge is 0.307 e. The van der Waals surface area contributed by atoms with E-state index in [1.807, 2.05) is 30.3 Å². The quantitative estimate of drug-likeness (QED) is 0.370. The molecule has 4 rings (SSSR count). The SMILES string of the molecule is CC(C)c1ccc(COc2ccc(/C=C3\S/C(=N/c4ccc(CC(=O)O)cc4)N(C)C3=O)cc2)cc1. The molecule has 1 amide bonds. The van der Waals surface area contributed by atoms with Gasteiger partial charge in [-0.1, -0.05) is 62.4 Å². The van der Waals surface area contributed by atoms with E-state index in [9.17, 15) is 9.59 Å². The predicted octanol–water partition coefficient (Wildman–Crippen LogP) is 6.25. The number of thioether (sulfide) groups is 1. The number of likely N-dealkylation sites (N-methyl/N-ethyl adjacent to an activating group) is 1. The number of amidine groups is 1. The van der Waals surface area contributed by atoms with Crippen LogP contribution in [0.2, 0.25) is 0 Å². The zero-order valence-corrected chi connectivity index (χ0v) is 21.3. The summed E-state index contributed by atoms with van der Waals surface area (Å²) >= 11 is 1.31. The van der Waals surface area contributed by atoms with Crippen LogP contribution in [0.4, 0.5) is 5.69 Å². The van der Waals surface area contributed by atoms with E-state index in [0.29, 0.717) is 33.8 Å². The zero-order valence-electron chi connectivity index (χ0n) is 20.5. The highest BCUT2D eigenvalue weighted by Gasteiger charge is 2.30. The van der Waals surface area contributed by atoms with E-state index in [2.05, 4.69) is 43.1 Å². The van der Waals surface area contributed by atoms with Crippen LogP contribution in [0.3, 0.4) is 0 Å². The zero-order chi connectivity index (χ0) is 25.7. The summed E-state index contributed by atoms with van der Waals surface area (Å²) in [5.74, 6) is 0.273. The number of carbonyl (C=O) groups is 2. The van der Waals surface area contributed by atoms with Crippen LogP contribution in [0.1, 0.15) is 42.0 Å². The maximum Gasteiger partial charge on any atom is 0.307 e. The fourth-order valence-corrected chi connectivity index (χ4v) is 4.59. The Hall–Kier alpha value is -3.84. The number of carboxylic acids is 1. The van der Waals surface area contributed by atoms with Crippen LogP contribution < -0.4 is 4.74 Å². The van der Waals surface area contributed by atoms with E-state index in [0.717, 1.165) is 16.9 Å². The fraction of sp³-hybridized carbons (Fsp3) is 0.207. The molecule has 3 aromatic rings. The van der Waals surface area contributed by atoms with Crippen molar-refractivity contribution in [1.29, 1.82) is 0 Å². The third kappa shape index (κ3) is 6.43. The first-order valence-electron chi connectivity index (χ1n) is 11.7. The minimum absolute atomic E-state index is 0.0356. The second kappa shape index (κ2) is 11.3. The molecule has 1 aliphatic rings. The number of rotatable bonds is 8. The number of carboxylic acid groups (broad SMARTS) is 1. The standard InChI is InChI=1S/C29H28N2O4S/c1-19(2)23-10-4-22(5-11-23)18-35-25-14-8-20(9-15-25)16-26-28(34)31(3)29(36-26)30-24-12-6-21(7-13-24)17-27(32)33/h4-16,19H,17-18H2,1-3H3,(H,32,33)/b26-16-,30-29+. The maximum absolute atomic E-state index is 12.7. The van der Waals surface area contributed by atoms with Crippen LogP contribution in [-0.4, -0.2) is 34.1 Å². The molecular formula is C29H28N2O4S. The molecule has 0 aliphatic carbocycles. The number of hydrogen-bond acceptors (Lipinski definition) is 5. The third-order valence-electron chi connectivity index (χ3n) is 5.75. The Morgan fingerprint density at radius 3 is 2.25 bits per heavy atom. The van der Waals surface area contributed by atoms with Crippen molar-refractivity contribution < 1.29 is 19.4 Å². The van der Waals surface area contributed by atoms with Gasteiger partial charge in [0.05, 0.1) is 17.0 Å². The van der Waals surface area contributed by atoms with Gasteiger partial charge in [0.2, 0.25) is 0 Å². The molecule has 0 saturated carbocycles. The normalized spacial score (nSPS) is 15.8. The summed E-state index contributed by atoms with van der Waals surface area (Å²) in [6, 6.07) is 23.1. The van der Waals surface area contributed by atoms with E-state index >= 15 is 0 Å². The monoisotopic (exact) mass is 500 g/mol. The molecule has 184 valence electrons. The summed E-state index contributed by atoms with van der Waals surface area (Å²) < 4.78 is 5.92. The number of ether oxygens (including phenoxy) is 1. The number of aliphatic carboxylic acids is 1. The molecule has 1 fully saturated rings. The van der Waals surface area contributed by atoms with E-state index in [4.69, 9.17) is 9.84 Å². The number of benzene rings is 3. The van der Waals surface area contributed by atoms with Gasteiger partial charge in [-0.15, -0.1) is 0 Å². The lowest BCUT2D eigenvalue weighted by atomic mass is 10.0. The number of aliphatic imine (C=N–C) groups is 1. The molecule has 1 N–H and O–H groups in total. The molecule has 6 nitrogen and oxygen atoms in total.